The maximum atomic E-state index is 13.2. The fraction of sp³-hybridized carbons (Fsp3) is 1.00. The summed E-state index contributed by atoms with van der Waals surface area (Å²) in [4.78, 5) is 2.38. The van der Waals surface area contributed by atoms with Crippen LogP contribution in [0.4, 0.5) is 0 Å². The van der Waals surface area contributed by atoms with Gasteiger partial charge in [0.05, 0.1) is 25.9 Å². The van der Waals surface area contributed by atoms with Crippen LogP contribution in [0.5, 0.6) is 0 Å². The van der Waals surface area contributed by atoms with E-state index in [1.165, 1.54) is 0 Å². The predicted molar refractivity (Wildman–Crippen MR) is 147 cm³/mol. The molecule has 0 aliphatic heterocycles. The van der Waals surface area contributed by atoms with Crippen molar-refractivity contribution in [1.82, 2.24) is 4.90 Å². The van der Waals surface area contributed by atoms with Crippen molar-refractivity contribution in [2.45, 2.75) is 98.8 Å². The van der Waals surface area contributed by atoms with Crippen molar-refractivity contribution in [2.24, 2.45) is 0 Å². The van der Waals surface area contributed by atoms with E-state index in [9.17, 15) is 9.13 Å². The fourth-order valence-corrected chi connectivity index (χ4v) is 9.29. The standard InChI is InChI=1S/C26H57NO4P2/c1-6-11-16-27(17-19-30-25-32(28,21-12-7-2)22-13-8-3)18-20-31-26-33(29,23-14-9-4)24-15-10-5/h6-26H2,1-5H3. The Balaban J connectivity index is 4.49. The highest BCUT2D eigenvalue weighted by Crippen LogP contribution is 2.48. The van der Waals surface area contributed by atoms with E-state index >= 15 is 0 Å². The Morgan fingerprint density at radius 1 is 0.515 bits per heavy atom. The first kappa shape index (κ1) is 33.3. The first-order valence-electron chi connectivity index (χ1n) is 13.9. The van der Waals surface area contributed by atoms with Crippen molar-refractivity contribution in [3.8, 4) is 0 Å². The van der Waals surface area contributed by atoms with Gasteiger partial charge in [0.25, 0.3) is 0 Å². The van der Waals surface area contributed by atoms with E-state index in [-0.39, 0.29) is 0 Å². The van der Waals surface area contributed by atoms with E-state index in [2.05, 4.69) is 39.5 Å². The molecule has 0 amide bonds. The molecule has 0 aromatic carbocycles. The third-order valence-electron chi connectivity index (χ3n) is 6.26. The topological polar surface area (TPSA) is 55.8 Å². The molecule has 7 heteroatoms. The zero-order valence-corrected chi connectivity index (χ0v) is 24.6. The van der Waals surface area contributed by atoms with Gasteiger partial charge in [0.2, 0.25) is 0 Å². The molecule has 0 aromatic rings. The third kappa shape index (κ3) is 18.3. The van der Waals surface area contributed by atoms with E-state index in [0.717, 1.165) is 108 Å². The van der Waals surface area contributed by atoms with Crippen LogP contribution >= 0.6 is 14.3 Å². The van der Waals surface area contributed by atoms with Crippen LogP contribution in [0.1, 0.15) is 98.8 Å². The molecule has 0 atom stereocenters. The van der Waals surface area contributed by atoms with E-state index < -0.39 is 14.3 Å². The largest absolute Gasteiger partial charge is 0.372 e. The Kier molecular flexibility index (Phi) is 21.8. The Morgan fingerprint density at radius 2 is 0.848 bits per heavy atom. The van der Waals surface area contributed by atoms with Gasteiger partial charge in [0, 0.05) is 37.7 Å². The second kappa shape index (κ2) is 21.6. The minimum absolute atomic E-state index is 0.434. The van der Waals surface area contributed by atoms with Crippen LogP contribution in [0.3, 0.4) is 0 Å². The zero-order valence-electron chi connectivity index (χ0n) is 22.8. The van der Waals surface area contributed by atoms with Gasteiger partial charge in [-0.05, 0) is 38.6 Å². The van der Waals surface area contributed by atoms with Gasteiger partial charge in [0.1, 0.15) is 14.3 Å². The summed E-state index contributed by atoms with van der Waals surface area (Å²) in [7, 11) is -4.39. The highest BCUT2D eigenvalue weighted by Gasteiger charge is 2.22. The predicted octanol–water partition coefficient (Wildman–Crippen LogP) is 7.96. The minimum Gasteiger partial charge on any atom is -0.372 e. The molecule has 0 N–H and O–H groups in total. The van der Waals surface area contributed by atoms with Crippen molar-refractivity contribution < 1.29 is 18.6 Å². The van der Waals surface area contributed by atoms with Crippen LogP contribution in [-0.2, 0) is 18.6 Å². The fourth-order valence-electron chi connectivity index (χ4n) is 3.83. The summed E-state index contributed by atoms with van der Waals surface area (Å²) in [5.41, 5.74) is 0. The SMILES string of the molecule is CCCCN(CCOCP(=O)(CCCC)CCCC)CCOCP(=O)(CCCC)CCCC. The highest BCUT2D eigenvalue weighted by atomic mass is 31.2. The molecule has 0 unspecified atom stereocenters. The average Bonchev–Trinajstić information content (AvgIpc) is 2.82. The van der Waals surface area contributed by atoms with E-state index in [1.54, 1.807) is 0 Å². The quantitative estimate of drug-likeness (QED) is 0.0923. The molecular formula is C26H57NO4P2. The van der Waals surface area contributed by atoms with Crippen LogP contribution in [0.15, 0.2) is 0 Å². The van der Waals surface area contributed by atoms with Gasteiger partial charge in [-0.1, -0.05) is 66.7 Å². The number of unbranched alkanes of at least 4 members (excludes halogenated alkanes) is 5. The molecule has 0 aromatic heterocycles. The summed E-state index contributed by atoms with van der Waals surface area (Å²) in [5, 5.41) is 0. The molecule has 0 radical (unpaired) electrons. The zero-order chi connectivity index (χ0) is 24.8. The summed E-state index contributed by atoms with van der Waals surface area (Å²) in [6.45, 7) is 14.8. The maximum Gasteiger partial charge on any atom is 0.112 e. The summed E-state index contributed by atoms with van der Waals surface area (Å²) >= 11 is 0. The van der Waals surface area contributed by atoms with Crippen LogP contribution < -0.4 is 0 Å². The molecule has 0 aliphatic carbocycles. The van der Waals surface area contributed by atoms with Crippen molar-refractivity contribution in [3.63, 3.8) is 0 Å². The van der Waals surface area contributed by atoms with Crippen LogP contribution in [0.25, 0.3) is 0 Å². The molecule has 0 rings (SSSR count). The lowest BCUT2D eigenvalue weighted by Gasteiger charge is -2.24. The molecular weight excluding hydrogens is 452 g/mol. The molecule has 0 bridgehead atoms. The van der Waals surface area contributed by atoms with Gasteiger partial charge >= 0.3 is 0 Å². The van der Waals surface area contributed by atoms with Gasteiger partial charge in [-0.3, -0.25) is 4.90 Å². The van der Waals surface area contributed by atoms with Crippen LogP contribution in [0.2, 0.25) is 0 Å². The van der Waals surface area contributed by atoms with Gasteiger partial charge in [-0.15, -0.1) is 0 Å². The van der Waals surface area contributed by atoms with E-state index in [1.807, 2.05) is 0 Å². The van der Waals surface area contributed by atoms with Gasteiger partial charge in [0.15, 0.2) is 0 Å². The first-order valence-corrected chi connectivity index (χ1v) is 18.4. The van der Waals surface area contributed by atoms with Crippen LogP contribution in [0, 0.1) is 0 Å². The Labute approximate surface area is 206 Å². The lowest BCUT2D eigenvalue weighted by Crippen LogP contribution is -2.32. The molecule has 200 valence electrons. The Bertz CT molecular complexity index is 464. The summed E-state index contributed by atoms with van der Waals surface area (Å²) in [6.07, 6.45) is 15.0. The summed E-state index contributed by atoms with van der Waals surface area (Å²) in [6, 6.07) is 0. The molecule has 0 fully saturated rings. The van der Waals surface area contributed by atoms with Crippen molar-refractivity contribution >= 4 is 14.3 Å². The molecule has 0 spiro atoms. The molecule has 0 saturated carbocycles. The second-order valence-corrected chi connectivity index (χ2v) is 16.2. The Hall–Kier alpha value is 0.340. The monoisotopic (exact) mass is 509 g/mol. The molecule has 0 saturated heterocycles. The number of nitrogens with zero attached hydrogens (tertiary/aromatic N) is 1. The first-order chi connectivity index (χ1) is 15.9. The summed E-state index contributed by atoms with van der Waals surface area (Å²) < 4.78 is 38.4. The summed E-state index contributed by atoms with van der Waals surface area (Å²) in [5.74, 6) is 0. The van der Waals surface area contributed by atoms with Crippen molar-refractivity contribution in [2.75, 3.05) is 70.2 Å². The average molecular weight is 510 g/mol. The normalized spacial score (nSPS) is 12.7. The van der Waals surface area contributed by atoms with Gasteiger partial charge in [-0.2, -0.15) is 0 Å². The highest BCUT2D eigenvalue weighted by molar-refractivity contribution is 7.64. The lowest BCUT2D eigenvalue weighted by molar-refractivity contribution is 0.0997. The number of hydrogen-bond donors (Lipinski definition) is 0. The molecule has 33 heavy (non-hydrogen) atoms. The number of ether oxygens (including phenoxy) is 2. The van der Waals surface area contributed by atoms with E-state index in [4.69, 9.17) is 9.47 Å². The van der Waals surface area contributed by atoms with Crippen LogP contribution in [-0.4, -0.2) is 75.1 Å². The van der Waals surface area contributed by atoms with E-state index in [0.29, 0.717) is 25.9 Å². The van der Waals surface area contributed by atoms with Crippen molar-refractivity contribution in [1.29, 1.82) is 0 Å². The molecule has 5 nitrogen and oxygen atoms in total. The maximum absolute atomic E-state index is 13.2. The molecule has 0 heterocycles. The minimum atomic E-state index is -2.19. The number of rotatable bonds is 25. The third-order valence-corrected chi connectivity index (χ3v) is 12.1. The van der Waals surface area contributed by atoms with Crippen molar-refractivity contribution in [3.05, 3.63) is 0 Å². The second-order valence-electron chi connectivity index (χ2n) is 9.69. The smallest absolute Gasteiger partial charge is 0.112 e. The molecule has 0 aliphatic rings. The van der Waals surface area contributed by atoms with Gasteiger partial charge in [-0.25, -0.2) is 0 Å². The number of hydrogen-bond acceptors (Lipinski definition) is 5. The van der Waals surface area contributed by atoms with Gasteiger partial charge < -0.3 is 18.6 Å². The Morgan fingerprint density at radius 3 is 1.15 bits per heavy atom. The lowest BCUT2D eigenvalue weighted by atomic mass is 10.3.